The molecule has 2 aromatic rings. The molecule has 6 nitrogen and oxygen atoms in total. The highest BCUT2D eigenvalue weighted by molar-refractivity contribution is 9.10. The van der Waals surface area contributed by atoms with Gasteiger partial charge < -0.3 is 19.5 Å². The van der Waals surface area contributed by atoms with Crippen LogP contribution in [-0.2, 0) is 9.59 Å². The number of nitrogens with zero attached hydrogens (tertiary/aromatic N) is 1. The summed E-state index contributed by atoms with van der Waals surface area (Å²) in [6.45, 7) is 6.26. The number of ether oxygens (including phenoxy) is 2. The predicted octanol–water partition coefficient (Wildman–Crippen LogP) is 5.47. The summed E-state index contributed by atoms with van der Waals surface area (Å²) >= 11 is 3.42. The molecule has 0 spiro atoms. The van der Waals surface area contributed by atoms with E-state index in [4.69, 9.17) is 9.47 Å². The molecule has 1 N–H and O–H groups in total. The number of Topliss-reactive ketones (excluding diaryl/α,β-unsaturated/α-hetero) is 1. The number of carbonyl (C=O) groups excluding carboxylic acids is 2. The fourth-order valence-corrected chi connectivity index (χ4v) is 4.34. The molecule has 1 aliphatic heterocycles. The highest BCUT2D eigenvalue weighted by atomic mass is 79.9. The van der Waals surface area contributed by atoms with E-state index in [1.54, 1.807) is 30.2 Å². The van der Waals surface area contributed by atoms with E-state index in [9.17, 15) is 14.7 Å². The maximum Gasteiger partial charge on any atom is 0.295 e. The maximum absolute atomic E-state index is 13.1. The smallest absolute Gasteiger partial charge is 0.295 e. The highest BCUT2D eigenvalue weighted by Crippen LogP contribution is 2.43. The van der Waals surface area contributed by atoms with Crippen molar-refractivity contribution in [2.75, 3.05) is 13.7 Å². The van der Waals surface area contributed by atoms with Gasteiger partial charge in [0.05, 0.1) is 29.3 Å². The zero-order valence-electron chi connectivity index (χ0n) is 18.7. The van der Waals surface area contributed by atoms with Gasteiger partial charge in [0.2, 0.25) is 0 Å². The molecule has 0 aliphatic carbocycles. The Morgan fingerprint density at radius 3 is 2.50 bits per heavy atom. The number of unbranched alkanes of at least 4 members (excludes halogenated alkanes) is 1. The van der Waals surface area contributed by atoms with Crippen LogP contribution in [0.3, 0.4) is 0 Å². The third-order valence-electron chi connectivity index (χ3n) is 5.29. The first-order valence-corrected chi connectivity index (χ1v) is 11.5. The third-order valence-corrected chi connectivity index (χ3v) is 5.91. The van der Waals surface area contributed by atoms with Crippen LogP contribution in [0.5, 0.6) is 11.5 Å². The molecule has 1 fully saturated rings. The van der Waals surface area contributed by atoms with Crippen molar-refractivity contribution in [1.82, 2.24) is 4.90 Å². The monoisotopic (exact) mass is 501 g/mol. The normalized spacial score (nSPS) is 17.8. The van der Waals surface area contributed by atoms with E-state index in [0.29, 0.717) is 33.6 Å². The quantitative estimate of drug-likeness (QED) is 0.295. The van der Waals surface area contributed by atoms with Gasteiger partial charge in [-0.25, -0.2) is 0 Å². The number of para-hydroxylation sites is 1. The zero-order chi connectivity index (χ0) is 23.4. The standard InChI is InChI=1S/C25H28BrNO5/c1-5-6-13-27-22(17-9-7-8-10-19(17)32-15(2)3)21(24(29)25(27)30)23(28)16-11-12-20(31-4)18(26)14-16/h7-12,14-15,22,28H,5-6,13H2,1-4H3/b23-21-. The average Bonchev–Trinajstić information content (AvgIpc) is 3.01. The number of aliphatic hydroxyl groups is 1. The minimum atomic E-state index is -0.739. The summed E-state index contributed by atoms with van der Waals surface area (Å²) in [6, 6.07) is 11.6. The maximum atomic E-state index is 13.1. The molecular weight excluding hydrogens is 474 g/mol. The van der Waals surface area contributed by atoms with Crippen LogP contribution in [0.4, 0.5) is 0 Å². The van der Waals surface area contributed by atoms with Crippen molar-refractivity contribution in [2.24, 2.45) is 0 Å². The number of rotatable bonds is 8. The number of likely N-dealkylation sites (tertiary alicyclic amines) is 1. The molecule has 1 saturated heterocycles. The molecule has 0 aromatic heterocycles. The lowest BCUT2D eigenvalue weighted by Gasteiger charge is -2.27. The first-order valence-electron chi connectivity index (χ1n) is 10.7. The van der Waals surface area contributed by atoms with E-state index < -0.39 is 17.7 Å². The largest absolute Gasteiger partial charge is 0.507 e. The number of amides is 1. The molecule has 3 rings (SSSR count). The second-order valence-electron chi connectivity index (χ2n) is 7.90. The van der Waals surface area contributed by atoms with Crippen molar-refractivity contribution >= 4 is 33.4 Å². The first kappa shape index (κ1) is 23.9. The van der Waals surface area contributed by atoms with Gasteiger partial charge in [-0.2, -0.15) is 0 Å². The topological polar surface area (TPSA) is 76.1 Å². The summed E-state index contributed by atoms with van der Waals surface area (Å²) in [4.78, 5) is 27.7. The molecule has 1 unspecified atom stereocenters. The molecule has 1 atom stereocenters. The Labute approximate surface area is 197 Å². The van der Waals surface area contributed by atoms with E-state index in [2.05, 4.69) is 15.9 Å². The number of hydrogen-bond acceptors (Lipinski definition) is 5. The Morgan fingerprint density at radius 1 is 1.16 bits per heavy atom. The molecule has 7 heteroatoms. The van der Waals surface area contributed by atoms with Crippen LogP contribution >= 0.6 is 15.9 Å². The molecule has 32 heavy (non-hydrogen) atoms. The van der Waals surface area contributed by atoms with Gasteiger partial charge in [-0.3, -0.25) is 9.59 Å². The summed E-state index contributed by atoms with van der Waals surface area (Å²) in [6.07, 6.45) is 1.52. The van der Waals surface area contributed by atoms with Gasteiger partial charge in [-0.15, -0.1) is 0 Å². The summed E-state index contributed by atoms with van der Waals surface area (Å²) in [5, 5.41) is 11.2. The van der Waals surface area contributed by atoms with Crippen molar-refractivity contribution in [2.45, 2.75) is 45.8 Å². The van der Waals surface area contributed by atoms with Gasteiger partial charge >= 0.3 is 0 Å². The summed E-state index contributed by atoms with van der Waals surface area (Å²) in [5.74, 6) is -0.364. The van der Waals surface area contributed by atoms with Crippen molar-refractivity contribution in [3.05, 3.63) is 63.6 Å². The van der Waals surface area contributed by atoms with Gasteiger partial charge in [-0.1, -0.05) is 31.5 Å². The lowest BCUT2D eigenvalue weighted by atomic mass is 9.94. The average molecular weight is 502 g/mol. The fraction of sp³-hybridized carbons (Fsp3) is 0.360. The Bertz CT molecular complexity index is 1050. The first-order chi connectivity index (χ1) is 15.3. The number of ketones is 1. The zero-order valence-corrected chi connectivity index (χ0v) is 20.3. The molecule has 1 amide bonds. The van der Waals surface area contributed by atoms with E-state index >= 15 is 0 Å². The van der Waals surface area contributed by atoms with Gasteiger partial charge in [0.15, 0.2) is 0 Å². The van der Waals surface area contributed by atoms with E-state index in [0.717, 1.165) is 12.8 Å². The van der Waals surface area contributed by atoms with E-state index in [1.165, 1.54) is 0 Å². The van der Waals surface area contributed by atoms with Crippen LogP contribution in [0.25, 0.3) is 5.76 Å². The van der Waals surface area contributed by atoms with Crippen molar-refractivity contribution in [3.63, 3.8) is 0 Å². The predicted molar refractivity (Wildman–Crippen MR) is 127 cm³/mol. The van der Waals surface area contributed by atoms with Crippen LogP contribution < -0.4 is 9.47 Å². The number of benzene rings is 2. The van der Waals surface area contributed by atoms with Gasteiger partial charge in [0, 0.05) is 17.7 Å². The van der Waals surface area contributed by atoms with Crippen molar-refractivity contribution in [3.8, 4) is 11.5 Å². The van der Waals surface area contributed by atoms with Crippen LogP contribution in [0.15, 0.2) is 52.5 Å². The van der Waals surface area contributed by atoms with Crippen LogP contribution in [0, 0.1) is 0 Å². The van der Waals surface area contributed by atoms with E-state index in [1.807, 2.05) is 45.0 Å². The molecule has 0 radical (unpaired) electrons. The van der Waals surface area contributed by atoms with Crippen LogP contribution in [0.2, 0.25) is 0 Å². The van der Waals surface area contributed by atoms with Crippen LogP contribution in [-0.4, -0.2) is 41.5 Å². The summed E-state index contributed by atoms with van der Waals surface area (Å²) in [7, 11) is 1.55. The fourth-order valence-electron chi connectivity index (χ4n) is 3.80. The molecular formula is C25H28BrNO5. The third kappa shape index (κ3) is 4.67. The Kier molecular flexibility index (Phi) is 7.61. The second kappa shape index (κ2) is 10.2. The minimum absolute atomic E-state index is 0.0583. The SMILES string of the molecule is CCCCN1C(=O)C(=O)/C(=C(\O)c2ccc(OC)c(Br)c2)C1c1ccccc1OC(C)C. The number of aliphatic hydroxyl groups excluding tert-OH is 1. The molecule has 0 bridgehead atoms. The van der Waals surface area contributed by atoms with E-state index in [-0.39, 0.29) is 17.4 Å². The van der Waals surface area contributed by atoms with Gasteiger partial charge in [0.25, 0.3) is 11.7 Å². The minimum Gasteiger partial charge on any atom is -0.507 e. The van der Waals surface area contributed by atoms with Gasteiger partial charge in [-0.05, 0) is 60.5 Å². The van der Waals surface area contributed by atoms with Crippen molar-refractivity contribution < 1.29 is 24.2 Å². The molecule has 1 aliphatic rings. The molecule has 0 saturated carbocycles. The summed E-state index contributed by atoms with van der Waals surface area (Å²) in [5.41, 5.74) is 1.15. The number of carbonyl (C=O) groups is 2. The second-order valence-corrected chi connectivity index (χ2v) is 8.75. The molecule has 1 heterocycles. The highest BCUT2D eigenvalue weighted by Gasteiger charge is 2.46. The number of methoxy groups -OCH3 is 1. The Balaban J connectivity index is 2.21. The lowest BCUT2D eigenvalue weighted by molar-refractivity contribution is -0.139. The Hall–Kier alpha value is -2.80. The summed E-state index contributed by atoms with van der Waals surface area (Å²) < 4.78 is 11.9. The lowest BCUT2D eigenvalue weighted by Crippen LogP contribution is -2.31. The number of halogens is 1. The van der Waals surface area contributed by atoms with Crippen molar-refractivity contribution in [1.29, 1.82) is 0 Å². The molecule has 170 valence electrons. The molecule has 2 aromatic carbocycles. The van der Waals surface area contributed by atoms with Gasteiger partial charge in [0.1, 0.15) is 17.3 Å². The number of hydrogen-bond donors (Lipinski definition) is 1. The van der Waals surface area contributed by atoms with Crippen LogP contribution in [0.1, 0.15) is 50.8 Å². The Morgan fingerprint density at radius 2 is 1.88 bits per heavy atom.